The van der Waals surface area contributed by atoms with Gasteiger partial charge in [-0.1, -0.05) is 0 Å². The van der Waals surface area contributed by atoms with Gasteiger partial charge >= 0.3 is 0 Å². The van der Waals surface area contributed by atoms with Crippen LogP contribution in [0.3, 0.4) is 0 Å². The maximum Gasteiger partial charge on any atom is 0.116 e. The molecular weight excluding hydrogens is 218 g/mol. The first-order valence-electron chi connectivity index (χ1n) is 3.50. The van der Waals surface area contributed by atoms with Gasteiger partial charge in [-0.05, 0) is 45.6 Å². The molecule has 1 aromatic carbocycles. The molecule has 0 bridgehead atoms. The molecule has 0 fully saturated rings. The predicted octanol–water partition coefficient (Wildman–Crippen LogP) is 2.70. The molecule has 1 aromatic heterocycles. The lowest BCUT2D eigenvalue weighted by Gasteiger charge is -1.97. The van der Waals surface area contributed by atoms with E-state index in [9.17, 15) is 5.11 Å². The third kappa shape index (κ3) is 1.28. The molecule has 0 unspecified atom stereocenters. The first kappa shape index (κ1) is 7.55. The molecule has 1 heterocycles. The van der Waals surface area contributed by atoms with E-state index in [-0.39, 0.29) is 5.75 Å². The van der Waals surface area contributed by atoms with Gasteiger partial charge in [0.1, 0.15) is 10.4 Å². The Morgan fingerprint density at radius 3 is 2.83 bits per heavy atom. The summed E-state index contributed by atoms with van der Waals surface area (Å²) in [6.45, 7) is 0. The van der Waals surface area contributed by atoms with Crippen molar-refractivity contribution in [3.63, 3.8) is 0 Å². The first-order chi connectivity index (χ1) is 5.75. The standard InChI is InChI=1S/C9H6BrNO/c10-9-4-7-3-8(12)2-1-6(7)5-11-9/h1-5,12H. The molecular formula is C9H6BrNO. The van der Waals surface area contributed by atoms with E-state index in [1.165, 1.54) is 0 Å². The van der Waals surface area contributed by atoms with Crippen LogP contribution >= 0.6 is 15.9 Å². The molecule has 0 aliphatic carbocycles. The summed E-state index contributed by atoms with van der Waals surface area (Å²) in [5, 5.41) is 11.2. The summed E-state index contributed by atoms with van der Waals surface area (Å²) in [5.74, 6) is 0.278. The van der Waals surface area contributed by atoms with Gasteiger partial charge in [-0.25, -0.2) is 4.98 Å². The molecule has 0 amide bonds. The fourth-order valence-electron chi connectivity index (χ4n) is 1.10. The zero-order valence-corrected chi connectivity index (χ0v) is 7.75. The second kappa shape index (κ2) is 2.75. The molecule has 12 heavy (non-hydrogen) atoms. The number of nitrogens with zero attached hydrogens (tertiary/aromatic N) is 1. The fraction of sp³-hybridized carbons (Fsp3) is 0. The van der Waals surface area contributed by atoms with Crippen molar-refractivity contribution in [2.24, 2.45) is 0 Å². The van der Waals surface area contributed by atoms with Gasteiger partial charge in [0.25, 0.3) is 0 Å². The molecule has 0 saturated heterocycles. The zero-order chi connectivity index (χ0) is 8.55. The molecule has 0 radical (unpaired) electrons. The Kier molecular flexibility index (Phi) is 1.73. The monoisotopic (exact) mass is 223 g/mol. The third-order valence-corrected chi connectivity index (χ3v) is 2.11. The minimum Gasteiger partial charge on any atom is -0.508 e. The Hall–Kier alpha value is -1.09. The minimum absolute atomic E-state index is 0.278. The Morgan fingerprint density at radius 2 is 2.00 bits per heavy atom. The topological polar surface area (TPSA) is 33.1 Å². The molecule has 3 heteroatoms. The van der Waals surface area contributed by atoms with Crippen LogP contribution in [0.2, 0.25) is 0 Å². The van der Waals surface area contributed by atoms with Crippen LogP contribution in [0.1, 0.15) is 0 Å². The summed E-state index contributed by atoms with van der Waals surface area (Å²) in [6.07, 6.45) is 1.76. The van der Waals surface area contributed by atoms with Crippen LogP contribution in [0.5, 0.6) is 5.75 Å². The highest BCUT2D eigenvalue weighted by molar-refractivity contribution is 9.10. The number of hydrogen-bond acceptors (Lipinski definition) is 2. The fourth-order valence-corrected chi connectivity index (χ4v) is 1.45. The van der Waals surface area contributed by atoms with Crippen LogP contribution in [0, 0.1) is 0 Å². The van der Waals surface area contributed by atoms with E-state index in [1.54, 1.807) is 18.3 Å². The van der Waals surface area contributed by atoms with E-state index in [4.69, 9.17) is 0 Å². The van der Waals surface area contributed by atoms with Crippen LogP contribution in [0.25, 0.3) is 10.8 Å². The molecule has 0 atom stereocenters. The van der Waals surface area contributed by atoms with Crippen LogP contribution < -0.4 is 0 Å². The van der Waals surface area contributed by atoms with Gasteiger partial charge in [-0.15, -0.1) is 0 Å². The summed E-state index contributed by atoms with van der Waals surface area (Å²) in [6, 6.07) is 7.07. The van der Waals surface area contributed by atoms with Crippen LogP contribution in [0.15, 0.2) is 35.1 Å². The second-order valence-electron chi connectivity index (χ2n) is 2.54. The van der Waals surface area contributed by atoms with Crippen LogP contribution in [-0.2, 0) is 0 Å². The van der Waals surface area contributed by atoms with Gasteiger partial charge in [-0.3, -0.25) is 0 Å². The number of fused-ring (bicyclic) bond motifs is 1. The van der Waals surface area contributed by atoms with E-state index in [0.29, 0.717) is 0 Å². The Morgan fingerprint density at radius 1 is 1.17 bits per heavy atom. The smallest absolute Gasteiger partial charge is 0.116 e. The lowest BCUT2D eigenvalue weighted by atomic mass is 10.2. The summed E-state index contributed by atoms with van der Waals surface area (Å²) in [4.78, 5) is 4.07. The number of aromatic nitrogens is 1. The van der Waals surface area contributed by atoms with Crippen molar-refractivity contribution in [2.45, 2.75) is 0 Å². The highest BCUT2D eigenvalue weighted by atomic mass is 79.9. The molecule has 0 saturated carbocycles. The maximum absolute atomic E-state index is 9.19. The van der Waals surface area contributed by atoms with Crippen LogP contribution in [0.4, 0.5) is 0 Å². The van der Waals surface area contributed by atoms with Crippen molar-refractivity contribution < 1.29 is 5.11 Å². The molecule has 0 spiro atoms. The number of phenolic OH excluding ortho intramolecular Hbond substituents is 1. The molecule has 1 N–H and O–H groups in total. The quantitative estimate of drug-likeness (QED) is 0.698. The molecule has 2 rings (SSSR count). The van der Waals surface area contributed by atoms with Gasteiger partial charge in [-0.2, -0.15) is 0 Å². The number of hydrogen-bond donors (Lipinski definition) is 1. The van der Waals surface area contributed by atoms with Crippen molar-refractivity contribution in [1.29, 1.82) is 0 Å². The largest absolute Gasteiger partial charge is 0.508 e. The molecule has 2 aromatic rings. The van der Waals surface area contributed by atoms with E-state index < -0.39 is 0 Å². The summed E-state index contributed by atoms with van der Waals surface area (Å²) < 4.78 is 0.778. The van der Waals surface area contributed by atoms with Gasteiger partial charge in [0, 0.05) is 11.6 Å². The van der Waals surface area contributed by atoms with Crippen molar-refractivity contribution in [2.75, 3.05) is 0 Å². The number of benzene rings is 1. The summed E-state index contributed by atoms with van der Waals surface area (Å²) in [5.41, 5.74) is 0. The average Bonchev–Trinajstić information content (AvgIpc) is 2.03. The highest BCUT2D eigenvalue weighted by Crippen LogP contribution is 2.21. The minimum atomic E-state index is 0.278. The van der Waals surface area contributed by atoms with E-state index >= 15 is 0 Å². The molecule has 2 nitrogen and oxygen atoms in total. The number of pyridine rings is 1. The van der Waals surface area contributed by atoms with Crippen molar-refractivity contribution in [3.05, 3.63) is 35.1 Å². The van der Waals surface area contributed by atoms with Gasteiger partial charge in [0.05, 0.1) is 0 Å². The Labute approximate surface area is 78.0 Å². The van der Waals surface area contributed by atoms with Crippen molar-refractivity contribution in [1.82, 2.24) is 4.98 Å². The molecule has 60 valence electrons. The van der Waals surface area contributed by atoms with E-state index in [2.05, 4.69) is 20.9 Å². The van der Waals surface area contributed by atoms with Crippen LogP contribution in [-0.4, -0.2) is 10.1 Å². The summed E-state index contributed by atoms with van der Waals surface area (Å²) >= 11 is 3.26. The normalized spacial score (nSPS) is 10.4. The lowest BCUT2D eigenvalue weighted by molar-refractivity contribution is 0.476. The predicted molar refractivity (Wildman–Crippen MR) is 51.1 cm³/mol. The number of halogens is 1. The number of aromatic hydroxyl groups is 1. The average molecular weight is 224 g/mol. The third-order valence-electron chi connectivity index (χ3n) is 1.67. The van der Waals surface area contributed by atoms with Gasteiger partial charge in [0.15, 0.2) is 0 Å². The summed E-state index contributed by atoms with van der Waals surface area (Å²) in [7, 11) is 0. The van der Waals surface area contributed by atoms with Gasteiger partial charge in [0.2, 0.25) is 0 Å². The lowest BCUT2D eigenvalue weighted by Crippen LogP contribution is -1.76. The Balaban J connectivity index is 2.80. The van der Waals surface area contributed by atoms with Crippen molar-refractivity contribution >= 4 is 26.7 Å². The zero-order valence-electron chi connectivity index (χ0n) is 6.16. The number of phenols is 1. The first-order valence-corrected chi connectivity index (χ1v) is 4.29. The Bertz CT molecular complexity index is 391. The number of rotatable bonds is 0. The SMILES string of the molecule is Oc1ccc2cnc(Br)cc2c1. The maximum atomic E-state index is 9.19. The highest BCUT2D eigenvalue weighted by Gasteiger charge is 1.95. The molecule has 0 aliphatic rings. The van der Waals surface area contributed by atoms with E-state index in [0.717, 1.165) is 15.4 Å². The van der Waals surface area contributed by atoms with Gasteiger partial charge < -0.3 is 5.11 Å². The second-order valence-corrected chi connectivity index (χ2v) is 3.35. The molecule has 0 aliphatic heterocycles. The van der Waals surface area contributed by atoms with E-state index in [1.807, 2.05) is 12.1 Å². The van der Waals surface area contributed by atoms with Crippen molar-refractivity contribution in [3.8, 4) is 5.75 Å².